The molecule has 2 unspecified atom stereocenters. The monoisotopic (exact) mass is 976 g/mol. The molecular formula is C44H50Cl2N4O13S2. The van der Waals surface area contributed by atoms with E-state index in [0.29, 0.717) is 59.1 Å². The van der Waals surface area contributed by atoms with E-state index in [1.54, 1.807) is 55.6 Å². The van der Waals surface area contributed by atoms with Crippen molar-refractivity contribution in [1.29, 1.82) is 0 Å². The Kier molecular flexibility index (Phi) is 17.5. The van der Waals surface area contributed by atoms with Crippen LogP contribution < -0.4 is 25.8 Å². The lowest BCUT2D eigenvalue weighted by molar-refractivity contribution is -0.136. The van der Waals surface area contributed by atoms with E-state index >= 15 is 0 Å². The molecule has 2 aliphatic rings. The number of halogens is 2. The van der Waals surface area contributed by atoms with Gasteiger partial charge in [-0.15, -0.1) is 0 Å². The number of sulfone groups is 2. The Morgan fingerprint density at radius 2 is 1.09 bits per heavy atom. The molecule has 2 saturated heterocycles. The quantitative estimate of drug-likeness (QED) is 0.0632. The number of likely N-dealkylation sites (tertiary alicyclic amines) is 1. The standard InChI is InChI=1S/C22H26ClN3O6S.C22H24ClNO7S/c1-24-20(27)10-13-26-14-11-22(12-15-26,21(28)25-29)33(30,31)19-8-6-18(7-9-19)32-17-4-2-16(23)3-5-17;1-15(25)2-5-19-14-22(12-13-30-19,21(26)24-27)32(28,29)20-10-8-18(9-11-20)31-17-6-3-16(23)4-7-17/h2-9,29H,10-15H2,1H3,(H,24,27)(H,25,28);3-4,6-11,19,27H,2,5,12-14H2,1H3,(H,24,26). The molecule has 350 valence electrons. The van der Waals surface area contributed by atoms with Crippen LogP contribution in [0.1, 0.15) is 51.9 Å². The van der Waals surface area contributed by atoms with E-state index in [0.717, 1.165) is 0 Å². The normalized spacial score (nSPS) is 18.5. The maximum absolute atomic E-state index is 13.6. The highest BCUT2D eigenvalue weighted by molar-refractivity contribution is 7.94. The Balaban J connectivity index is 0.000000244. The van der Waals surface area contributed by atoms with Crippen LogP contribution in [0.5, 0.6) is 23.0 Å². The number of Topliss-reactive ketones (excluding diaryl/α,β-unsaturated/α-hetero) is 1. The molecule has 3 amide bonds. The molecule has 65 heavy (non-hydrogen) atoms. The third-order valence-corrected chi connectivity index (χ3v) is 16.8. The van der Waals surface area contributed by atoms with Gasteiger partial charge in [0.25, 0.3) is 11.8 Å². The van der Waals surface area contributed by atoms with Gasteiger partial charge in [-0.1, -0.05) is 23.2 Å². The summed E-state index contributed by atoms with van der Waals surface area (Å²) in [5.41, 5.74) is 3.05. The summed E-state index contributed by atoms with van der Waals surface area (Å²) in [5.74, 6) is -0.276. The molecule has 2 fully saturated rings. The van der Waals surface area contributed by atoms with Gasteiger partial charge >= 0.3 is 0 Å². The van der Waals surface area contributed by atoms with Gasteiger partial charge in [0.05, 0.1) is 15.9 Å². The molecule has 5 N–H and O–H groups in total. The van der Waals surface area contributed by atoms with Gasteiger partial charge in [0.2, 0.25) is 5.91 Å². The lowest BCUT2D eigenvalue weighted by atomic mass is 9.91. The van der Waals surface area contributed by atoms with Crippen molar-refractivity contribution in [3.8, 4) is 23.0 Å². The largest absolute Gasteiger partial charge is 0.457 e. The third kappa shape index (κ3) is 12.2. The van der Waals surface area contributed by atoms with Crippen molar-refractivity contribution < 1.29 is 60.6 Å². The van der Waals surface area contributed by atoms with Crippen molar-refractivity contribution in [2.24, 2.45) is 0 Å². The second-order valence-electron chi connectivity index (χ2n) is 15.4. The topological polar surface area (TPSA) is 244 Å². The Labute approximate surface area is 387 Å². The first-order chi connectivity index (χ1) is 30.9. The number of hydroxylamine groups is 2. The van der Waals surface area contributed by atoms with E-state index in [1.165, 1.54) is 66.4 Å². The summed E-state index contributed by atoms with van der Waals surface area (Å²) in [7, 11) is -6.80. The van der Waals surface area contributed by atoms with Crippen LogP contribution in [0.4, 0.5) is 0 Å². The van der Waals surface area contributed by atoms with Gasteiger partial charge < -0.3 is 29.2 Å². The Morgan fingerprint density at radius 1 is 0.677 bits per heavy atom. The molecule has 0 radical (unpaired) electrons. The van der Waals surface area contributed by atoms with E-state index in [9.17, 15) is 46.4 Å². The van der Waals surface area contributed by atoms with Gasteiger partial charge in [0.15, 0.2) is 29.2 Å². The van der Waals surface area contributed by atoms with Crippen LogP contribution >= 0.6 is 23.2 Å². The number of benzene rings is 4. The molecule has 2 atom stereocenters. The van der Waals surface area contributed by atoms with Crippen molar-refractivity contribution in [3.63, 3.8) is 0 Å². The van der Waals surface area contributed by atoms with Crippen LogP contribution in [-0.2, 0) is 43.6 Å². The lowest BCUT2D eigenvalue weighted by Crippen LogP contribution is -2.57. The van der Waals surface area contributed by atoms with Crippen LogP contribution in [-0.4, -0.2) is 105 Å². The molecule has 17 nitrogen and oxygen atoms in total. The predicted octanol–water partition coefficient (Wildman–Crippen LogP) is 6.08. The van der Waals surface area contributed by atoms with Crippen molar-refractivity contribution in [2.45, 2.75) is 77.3 Å². The maximum atomic E-state index is 13.6. The first-order valence-electron chi connectivity index (χ1n) is 20.4. The van der Waals surface area contributed by atoms with Crippen LogP contribution in [0.2, 0.25) is 10.0 Å². The number of piperidine rings is 1. The van der Waals surface area contributed by atoms with Gasteiger partial charge in [-0.05, 0) is 130 Å². The summed E-state index contributed by atoms with van der Waals surface area (Å²) in [6.45, 7) is 2.48. The van der Waals surface area contributed by atoms with Crippen molar-refractivity contribution >= 4 is 66.4 Å². The molecule has 0 saturated carbocycles. The lowest BCUT2D eigenvalue weighted by Gasteiger charge is -2.39. The first-order valence-corrected chi connectivity index (χ1v) is 24.1. The van der Waals surface area contributed by atoms with E-state index in [1.807, 2.05) is 4.90 Å². The van der Waals surface area contributed by atoms with E-state index in [-0.39, 0.29) is 66.6 Å². The number of ketones is 1. The minimum Gasteiger partial charge on any atom is -0.457 e. The second-order valence-corrected chi connectivity index (χ2v) is 20.8. The molecular weight excluding hydrogens is 928 g/mol. The average Bonchev–Trinajstić information content (AvgIpc) is 3.31. The number of nitrogens with zero attached hydrogens (tertiary/aromatic N) is 1. The average molecular weight is 978 g/mol. The SMILES string of the molecule is CC(=O)CCC1CC(C(=O)NO)(S(=O)(=O)c2ccc(Oc3ccc(Cl)cc3)cc2)CCO1.CNC(=O)CCN1CCC(C(=O)NO)(S(=O)(=O)c2ccc(Oc3ccc(Cl)cc3)cc2)CC1. The van der Waals surface area contributed by atoms with E-state index in [2.05, 4.69) is 5.32 Å². The molecule has 0 aliphatic carbocycles. The fourth-order valence-electron chi connectivity index (χ4n) is 7.49. The van der Waals surface area contributed by atoms with Gasteiger partial charge in [0, 0.05) is 62.6 Å². The molecule has 0 aromatic heterocycles. The number of ether oxygens (including phenoxy) is 3. The van der Waals surface area contributed by atoms with Gasteiger partial charge in [0.1, 0.15) is 28.8 Å². The third-order valence-electron chi connectivity index (χ3n) is 11.3. The zero-order valence-corrected chi connectivity index (χ0v) is 38.6. The van der Waals surface area contributed by atoms with Crippen LogP contribution in [0.25, 0.3) is 0 Å². The summed E-state index contributed by atoms with van der Waals surface area (Å²) < 4.78 is 67.4. The molecule has 4 aromatic carbocycles. The van der Waals surface area contributed by atoms with Crippen LogP contribution in [0, 0.1) is 0 Å². The van der Waals surface area contributed by atoms with Crippen LogP contribution in [0.3, 0.4) is 0 Å². The van der Waals surface area contributed by atoms with Crippen molar-refractivity contribution in [1.82, 2.24) is 21.2 Å². The molecule has 2 aliphatic heterocycles. The van der Waals surface area contributed by atoms with Gasteiger partial charge in [-0.2, -0.15) is 0 Å². The summed E-state index contributed by atoms with van der Waals surface area (Å²) in [4.78, 5) is 49.8. The second kappa shape index (κ2) is 22.4. The molecule has 2 heterocycles. The summed E-state index contributed by atoms with van der Waals surface area (Å²) in [6, 6.07) is 24.9. The zero-order chi connectivity index (χ0) is 47.4. The number of carbonyl (C=O) groups is 4. The van der Waals surface area contributed by atoms with Crippen molar-refractivity contribution in [3.05, 3.63) is 107 Å². The van der Waals surface area contributed by atoms with Crippen molar-refractivity contribution in [2.75, 3.05) is 33.3 Å². The molecule has 4 aromatic rings. The Hall–Kier alpha value is -5.12. The number of amides is 3. The van der Waals surface area contributed by atoms with E-state index in [4.69, 9.17) is 37.4 Å². The van der Waals surface area contributed by atoms with Crippen LogP contribution in [0.15, 0.2) is 107 Å². The molecule has 0 spiro atoms. The number of carbonyl (C=O) groups excluding carboxylic acids is 4. The number of rotatable bonds is 16. The van der Waals surface area contributed by atoms with Gasteiger partial charge in [-0.25, -0.2) is 27.8 Å². The summed E-state index contributed by atoms with van der Waals surface area (Å²) in [5, 5.41) is 22.3. The Bertz CT molecular complexity index is 2510. The minimum atomic E-state index is -4.21. The number of nitrogens with one attached hydrogen (secondary N) is 3. The Morgan fingerprint density at radius 3 is 1.51 bits per heavy atom. The fraction of sp³-hybridized carbons (Fsp3) is 0.364. The summed E-state index contributed by atoms with van der Waals surface area (Å²) >= 11 is 11.7. The maximum Gasteiger partial charge on any atom is 0.265 e. The highest BCUT2D eigenvalue weighted by Crippen LogP contribution is 2.40. The van der Waals surface area contributed by atoms with Gasteiger partial charge in [-0.3, -0.25) is 24.8 Å². The number of hydrogen-bond acceptors (Lipinski definition) is 14. The smallest absolute Gasteiger partial charge is 0.265 e. The van der Waals surface area contributed by atoms with E-state index < -0.39 is 47.1 Å². The molecule has 0 bridgehead atoms. The predicted molar refractivity (Wildman–Crippen MR) is 239 cm³/mol. The summed E-state index contributed by atoms with van der Waals surface area (Å²) in [6.07, 6.45) is -0.155. The zero-order valence-electron chi connectivity index (χ0n) is 35.5. The molecule has 6 rings (SSSR count). The highest BCUT2D eigenvalue weighted by Gasteiger charge is 2.55. The highest BCUT2D eigenvalue weighted by atomic mass is 35.5. The first kappa shape index (κ1) is 50.9. The fourth-order valence-corrected chi connectivity index (χ4v) is 11.7. The molecule has 21 heteroatoms. The number of hydrogen-bond donors (Lipinski definition) is 5. The minimum absolute atomic E-state index is 0.00693.